The minimum atomic E-state index is -3.49. The SMILES string of the molecule is CC(Nc1ccc(CS(N)(=O)=O)cc1)c1ccc(Cl)cc1. The van der Waals surface area contributed by atoms with Crippen molar-refractivity contribution in [3.8, 4) is 0 Å². The second-order valence-corrected chi connectivity index (χ2v) is 6.97. The monoisotopic (exact) mass is 324 g/mol. The third kappa shape index (κ3) is 5.04. The fourth-order valence-electron chi connectivity index (χ4n) is 2.01. The van der Waals surface area contributed by atoms with Gasteiger partial charge < -0.3 is 5.32 Å². The van der Waals surface area contributed by atoms with Crippen molar-refractivity contribution in [1.82, 2.24) is 0 Å². The van der Waals surface area contributed by atoms with Crippen LogP contribution < -0.4 is 10.5 Å². The standard InChI is InChI=1S/C15H17ClN2O2S/c1-11(13-4-6-14(16)7-5-13)18-15-8-2-12(3-9-15)10-21(17,19)20/h2-9,11,18H,10H2,1H3,(H2,17,19,20). The zero-order valence-corrected chi connectivity index (χ0v) is 13.2. The van der Waals surface area contributed by atoms with Crippen molar-refractivity contribution in [2.75, 3.05) is 5.32 Å². The Hall–Kier alpha value is -1.56. The molecule has 21 heavy (non-hydrogen) atoms. The minimum absolute atomic E-state index is 0.117. The van der Waals surface area contributed by atoms with E-state index in [-0.39, 0.29) is 11.8 Å². The molecule has 1 unspecified atom stereocenters. The summed E-state index contributed by atoms with van der Waals surface area (Å²) in [6, 6.07) is 14.9. The quantitative estimate of drug-likeness (QED) is 0.886. The maximum atomic E-state index is 11.0. The first-order chi connectivity index (χ1) is 9.83. The highest BCUT2D eigenvalue weighted by Crippen LogP contribution is 2.21. The number of sulfonamides is 1. The maximum absolute atomic E-state index is 11.0. The Morgan fingerprint density at radius 2 is 1.67 bits per heavy atom. The molecular weight excluding hydrogens is 308 g/mol. The lowest BCUT2D eigenvalue weighted by molar-refractivity contribution is 0.597. The normalized spacial score (nSPS) is 12.9. The summed E-state index contributed by atoms with van der Waals surface area (Å²) >= 11 is 5.87. The number of nitrogens with two attached hydrogens (primary N) is 1. The molecule has 0 heterocycles. The molecule has 0 aliphatic rings. The summed E-state index contributed by atoms with van der Waals surface area (Å²) in [5.74, 6) is -0.153. The molecule has 0 saturated heterocycles. The molecule has 4 nitrogen and oxygen atoms in total. The number of anilines is 1. The number of halogens is 1. The van der Waals surface area contributed by atoms with Crippen LogP contribution in [0.1, 0.15) is 24.1 Å². The molecular formula is C15H17ClN2O2S. The predicted molar refractivity (Wildman–Crippen MR) is 86.7 cm³/mol. The maximum Gasteiger partial charge on any atom is 0.213 e. The van der Waals surface area contributed by atoms with Gasteiger partial charge >= 0.3 is 0 Å². The molecule has 2 rings (SSSR count). The molecule has 0 radical (unpaired) electrons. The Morgan fingerprint density at radius 3 is 2.19 bits per heavy atom. The first-order valence-corrected chi connectivity index (χ1v) is 8.54. The topological polar surface area (TPSA) is 72.2 Å². The summed E-state index contributed by atoms with van der Waals surface area (Å²) in [5, 5.41) is 9.07. The summed E-state index contributed by atoms with van der Waals surface area (Å²) in [6.45, 7) is 2.04. The van der Waals surface area contributed by atoms with Crippen molar-refractivity contribution >= 4 is 27.3 Å². The van der Waals surface area contributed by atoms with Crippen molar-refractivity contribution in [1.29, 1.82) is 0 Å². The van der Waals surface area contributed by atoms with Gasteiger partial charge in [-0.15, -0.1) is 0 Å². The molecule has 1 atom stereocenters. The molecule has 0 aliphatic heterocycles. The van der Waals surface area contributed by atoms with Gasteiger partial charge in [0.15, 0.2) is 0 Å². The summed E-state index contributed by atoms with van der Waals surface area (Å²) in [5.41, 5.74) is 2.70. The molecule has 0 aromatic heterocycles. The molecule has 0 bridgehead atoms. The first-order valence-electron chi connectivity index (χ1n) is 6.45. The molecule has 2 aromatic rings. The molecule has 6 heteroatoms. The zero-order chi connectivity index (χ0) is 15.5. The van der Waals surface area contributed by atoms with E-state index in [2.05, 4.69) is 5.32 Å². The highest BCUT2D eigenvalue weighted by molar-refractivity contribution is 7.88. The molecule has 3 N–H and O–H groups in total. The van der Waals surface area contributed by atoms with Crippen LogP contribution >= 0.6 is 11.6 Å². The smallest absolute Gasteiger partial charge is 0.213 e. The van der Waals surface area contributed by atoms with Crippen LogP contribution in [0.2, 0.25) is 5.02 Å². The van der Waals surface area contributed by atoms with E-state index in [9.17, 15) is 8.42 Å². The van der Waals surface area contributed by atoms with Gasteiger partial charge in [-0.05, 0) is 42.3 Å². The molecule has 0 saturated carbocycles. The number of rotatable bonds is 5. The van der Waals surface area contributed by atoms with Crippen LogP contribution in [-0.2, 0) is 15.8 Å². The van der Waals surface area contributed by atoms with E-state index >= 15 is 0 Å². The lowest BCUT2D eigenvalue weighted by Crippen LogP contribution is -2.14. The fraction of sp³-hybridized carbons (Fsp3) is 0.200. The number of hydrogen-bond donors (Lipinski definition) is 2. The van der Waals surface area contributed by atoms with Crippen LogP contribution in [0.15, 0.2) is 48.5 Å². The molecule has 0 spiro atoms. The van der Waals surface area contributed by atoms with Crippen LogP contribution in [0.4, 0.5) is 5.69 Å². The van der Waals surface area contributed by atoms with Gasteiger partial charge in [-0.25, -0.2) is 13.6 Å². The van der Waals surface area contributed by atoms with Gasteiger partial charge in [0, 0.05) is 16.8 Å². The Morgan fingerprint density at radius 1 is 1.10 bits per heavy atom. The molecule has 0 fully saturated rings. The molecule has 2 aromatic carbocycles. The van der Waals surface area contributed by atoms with Crippen molar-refractivity contribution in [3.05, 3.63) is 64.7 Å². The van der Waals surface area contributed by atoms with Crippen LogP contribution in [-0.4, -0.2) is 8.42 Å². The van der Waals surface area contributed by atoms with E-state index < -0.39 is 10.0 Å². The summed E-state index contributed by atoms with van der Waals surface area (Å²) in [7, 11) is -3.49. The van der Waals surface area contributed by atoms with Gasteiger partial charge in [0.2, 0.25) is 10.0 Å². The predicted octanol–water partition coefficient (Wildman–Crippen LogP) is 3.30. The third-order valence-corrected chi connectivity index (χ3v) is 4.06. The average Bonchev–Trinajstić information content (AvgIpc) is 2.40. The van der Waals surface area contributed by atoms with E-state index in [0.29, 0.717) is 10.6 Å². The fourth-order valence-corrected chi connectivity index (χ4v) is 2.80. The van der Waals surface area contributed by atoms with Crippen LogP contribution in [0, 0.1) is 0 Å². The minimum Gasteiger partial charge on any atom is -0.379 e. The number of primary sulfonamides is 1. The van der Waals surface area contributed by atoms with Gasteiger partial charge in [-0.3, -0.25) is 0 Å². The van der Waals surface area contributed by atoms with E-state index in [4.69, 9.17) is 16.7 Å². The van der Waals surface area contributed by atoms with Crippen LogP contribution in [0.3, 0.4) is 0 Å². The number of benzene rings is 2. The summed E-state index contributed by atoms with van der Waals surface area (Å²) in [4.78, 5) is 0. The van der Waals surface area contributed by atoms with Gasteiger partial charge in [-0.2, -0.15) is 0 Å². The molecule has 112 valence electrons. The van der Waals surface area contributed by atoms with E-state index in [1.807, 2.05) is 43.3 Å². The third-order valence-electron chi connectivity index (χ3n) is 3.07. The number of nitrogens with one attached hydrogen (secondary N) is 1. The Kier molecular flexibility index (Phi) is 4.88. The highest BCUT2D eigenvalue weighted by atomic mass is 35.5. The van der Waals surface area contributed by atoms with E-state index in [1.165, 1.54) is 0 Å². The van der Waals surface area contributed by atoms with Crippen molar-refractivity contribution in [2.45, 2.75) is 18.7 Å². The van der Waals surface area contributed by atoms with Gasteiger partial charge in [-0.1, -0.05) is 35.9 Å². The second-order valence-electron chi connectivity index (χ2n) is 4.92. The average molecular weight is 325 g/mol. The van der Waals surface area contributed by atoms with Gasteiger partial charge in [0.1, 0.15) is 0 Å². The van der Waals surface area contributed by atoms with Crippen LogP contribution in [0.25, 0.3) is 0 Å². The van der Waals surface area contributed by atoms with Gasteiger partial charge in [0.05, 0.1) is 5.75 Å². The Balaban J connectivity index is 2.04. The van der Waals surface area contributed by atoms with Crippen molar-refractivity contribution < 1.29 is 8.42 Å². The largest absolute Gasteiger partial charge is 0.379 e. The lowest BCUT2D eigenvalue weighted by atomic mass is 10.1. The highest BCUT2D eigenvalue weighted by Gasteiger charge is 2.07. The van der Waals surface area contributed by atoms with Crippen molar-refractivity contribution in [2.24, 2.45) is 5.14 Å². The van der Waals surface area contributed by atoms with Crippen molar-refractivity contribution in [3.63, 3.8) is 0 Å². The zero-order valence-electron chi connectivity index (χ0n) is 11.6. The molecule has 0 amide bonds. The van der Waals surface area contributed by atoms with Gasteiger partial charge in [0.25, 0.3) is 0 Å². The first kappa shape index (κ1) is 15.8. The van der Waals surface area contributed by atoms with Crippen LogP contribution in [0.5, 0.6) is 0 Å². The Bertz CT molecular complexity index is 697. The summed E-state index contributed by atoms with van der Waals surface area (Å²) in [6.07, 6.45) is 0. The van der Waals surface area contributed by atoms with E-state index in [0.717, 1.165) is 11.3 Å². The Labute approximate surface area is 130 Å². The second kappa shape index (κ2) is 6.47. The molecule has 0 aliphatic carbocycles. The lowest BCUT2D eigenvalue weighted by Gasteiger charge is -2.16. The summed E-state index contributed by atoms with van der Waals surface area (Å²) < 4.78 is 22.1. The number of hydrogen-bond acceptors (Lipinski definition) is 3. The van der Waals surface area contributed by atoms with E-state index in [1.54, 1.807) is 12.1 Å².